The number of rotatable bonds is 7. The molecule has 0 aliphatic rings. The molecular weight excluding hydrogens is 374 g/mol. The van der Waals surface area contributed by atoms with Crippen molar-refractivity contribution in [3.05, 3.63) is 88.1 Å². The van der Waals surface area contributed by atoms with Crippen LogP contribution in [0, 0.1) is 10.1 Å². The molecule has 0 atom stereocenters. The topological polar surface area (TPSA) is 115 Å². The summed E-state index contributed by atoms with van der Waals surface area (Å²) < 4.78 is 4.99. The predicted molar refractivity (Wildman–Crippen MR) is 109 cm³/mol. The molecule has 29 heavy (non-hydrogen) atoms. The van der Waals surface area contributed by atoms with E-state index in [4.69, 9.17) is 4.74 Å². The van der Waals surface area contributed by atoms with Gasteiger partial charge in [0.25, 0.3) is 5.69 Å². The van der Waals surface area contributed by atoms with Gasteiger partial charge in [-0.25, -0.2) is 4.98 Å². The number of methoxy groups -OCH3 is 1. The maximum atomic E-state index is 12.6. The van der Waals surface area contributed by atoms with E-state index >= 15 is 0 Å². The zero-order chi connectivity index (χ0) is 20.8. The van der Waals surface area contributed by atoms with Crippen LogP contribution in [-0.4, -0.2) is 27.9 Å². The Morgan fingerprint density at radius 3 is 2.62 bits per heavy atom. The Bertz CT molecular complexity index is 1080. The maximum absolute atomic E-state index is 12.6. The lowest BCUT2D eigenvalue weighted by molar-refractivity contribution is -0.384. The molecule has 0 amide bonds. The highest BCUT2D eigenvalue weighted by Crippen LogP contribution is 2.27. The number of benzene rings is 2. The fourth-order valence-electron chi connectivity index (χ4n) is 2.58. The number of ether oxygens (including phenoxy) is 1. The molecule has 0 aliphatic heterocycles. The van der Waals surface area contributed by atoms with Gasteiger partial charge in [0, 0.05) is 24.0 Å². The Hall–Kier alpha value is -4.20. The van der Waals surface area contributed by atoms with E-state index in [1.165, 1.54) is 49.7 Å². The number of nitro benzene ring substituents is 1. The number of carbonyl (C=O) groups excluding carboxylic acids is 1. The highest BCUT2D eigenvalue weighted by Gasteiger charge is 2.11. The van der Waals surface area contributed by atoms with Crippen molar-refractivity contribution in [1.82, 2.24) is 4.98 Å². The number of aromatic hydroxyl groups is 1. The molecule has 0 spiro atoms. The number of non-ortho nitro benzene ring substituents is 1. The van der Waals surface area contributed by atoms with E-state index in [0.717, 1.165) is 0 Å². The molecule has 0 bridgehead atoms. The number of hydrogen-bond acceptors (Lipinski definition) is 7. The number of anilines is 2. The summed E-state index contributed by atoms with van der Waals surface area (Å²) in [5.74, 6) is 0.353. The number of carbonyl (C=O) groups is 1. The first kappa shape index (κ1) is 19.6. The van der Waals surface area contributed by atoms with Gasteiger partial charge in [-0.1, -0.05) is 12.1 Å². The van der Waals surface area contributed by atoms with Crippen LogP contribution in [0.5, 0.6) is 11.5 Å². The normalized spacial score (nSPS) is 10.7. The number of pyridine rings is 1. The van der Waals surface area contributed by atoms with Crippen LogP contribution >= 0.6 is 0 Å². The summed E-state index contributed by atoms with van der Waals surface area (Å²) in [6, 6.07) is 13.9. The van der Waals surface area contributed by atoms with Crippen LogP contribution in [0.3, 0.4) is 0 Å². The van der Waals surface area contributed by atoms with Crippen LogP contribution in [0.15, 0.2) is 66.9 Å². The average Bonchev–Trinajstić information content (AvgIpc) is 2.73. The molecule has 2 aromatic carbocycles. The van der Waals surface area contributed by atoms with Crippen molar-refractivity contribution in [1.29, 1.82) is 0 Å². The molecule has 3 rings (SSSR count). The monoisotopic (exact) mass is 391 g/mol. The Labute approximate surface area is 166 Å². The Kier molecular flexibility index (Phi) is 5.84. The zero-order valence-corrected chi connectivity index (χ0v) is 15.4. The van der Waals surface area contributed by atoms with E-state index < -0.39 is 4.92 Å². The highest BCUT2D eigenvalue weighted by molar-refractivity contribution is 6.10. The second-order valence-corrected chi connectivity index (χ2v) is 5.96. The largest absolute Gasteiger partial charge is 0.504 e. The first-order valence-electron chi connectivity index (χ1n) is 8.54. The Morgan fingerprint density at radius 2 is 1.97 bits per heavy atom. The van der Waals surface area contributed by atoms with Gasteiger partial charge in [-0.3, -0.25) is 14.9 Å². The van der Waals surface area contributed by atoms with E-state index in [1.807, 2.05) is 0 Å². The number of ketones is 1. The first-order chi connectivity index (χ1) is 14.0. The second kappa shape index (κ2) is 8.66. The van der Waals surface area contributed by atoms with E-state index in [1.54, 1.807) is 30.3 Å². The molecule has 1 heterocycles. The van der Waals surface area contributed by atoms with Gasteiger partial charge in [0.05, 0.1) is 17.6 Å². The number of nitrogens with zero attached hydrogens (tertiary/aromatic N) is 2. The third kappa shape index (κ3) is 4.75. The summed E-state index contributed by atoms with van der Waals surface area (Å²) >= 11 is 0. The summed E-state index contributed by atoms with van der Waals surface area (Å²) in [5, 5.41) is 23.6. The van der Waals surface area contributed by atoms with Crippen molar-refractivity contribution >= 4 is 29.1 Å². The number of allylic oxidation sites excluding steroid dienone is 1. The minimum atomic E-state index is -0.485. The molecule has 0 radical (unpaired) electrons. The lowest BCUT2D eigenvalue weighted by Gasteiger charge is -2.09. The third-order valence-electron chi connectivity index (χ3n) is 4.04. The molecule has 0 fully saturated rings. The summed E-state index contributed by atoms with van der Waals surface area (Å²) in [6.07, 6.45) is 4.49. The van der Waals surface area contributed by atoms with Crippen LogP contribution < -0.4 is 10.1 Å². The smallest absolute Gasteiger partial charge is 0.269 e. The Morgan fingerprint density at radius 1 is 1.21 bits per heavy atom. The van der Waals surface area contributed by atoms with Crippen molar-refractivity contribution in [3.63, 3.8) is 0 Å². The summed E-state index contributed by atoms with van der Waals surface area (Å²) in [5.41, 5.74) is 1.50. The van der Waals surface area contributed by atoms with E-state index in [0.29, 0.717) is 28.4 Å². The first-order valence-corrected chi connectivity index (χ1v) is 8.54. The van der Waals surface area contributed by atoms with Crippen molar-refractivity contribution in [3.8, 4) is 11.5 Å². The number of aromatic nitrogens is 1. The number of nitrogens with one attached hydrogen (secondary N) is 1. The van der Waals surface area contributed by atoms with Crippen LogP contribution in [0.4, 0.5) is 17.2 Å². The number of hydrogen-bond donors (Lipinski definition) is 2. The molecule has 0 unspecified atom stereocenters. The molecule has 0 saturated heterocycles. The SMILES string of the molecule is COc1ccc(/C=C/C(=O)c2cccnc2Nc2ccc([N+](=O)[O-])cc2)cc1O. The lowest BCUT2D eigenvalue weighted by Crippen LogP contribution is -2.03. The number of phenols is 1. The summed E-state index contributed by atoms with van der Waals surface area (Å²) in [4.78, 5) is 27.1. The van der Waals surface area contributed by atoms with E-state index in [9.17, 15) is 20.0 Å². The maximum Gasteiger partial charge on any atom is 0.269 e. The standard InChI is InChI=1S/C21H17N3O5/c1-29-20-11-5-14(13-19(20)26)4-10-18(25)17-3-2-12-22-21(17)23-15-6-8-16(9-7-15)24(27)28/h2-13,26H,1H3,(H,22,23)/b10-4+. The van der Waals surface area contributed by atoms with Crippen molar-refractivity contribution in [2.45, 2.75) is 0 Å². The van der Waals surface area contributed by atoms with Crippen molar-refractivity contribution < 1.29 is 19.6 Å². The van der Waals surface area contributed by atoms with Gasteiger partial charge in [0.1, 0.15) is 5.82 Å². The second-order valence-electron chi connectivity index (χ2n) is 5.96. The molecular formula is C21H17N3O5. The van der Waals surface area contributed by atoms with Gasteiger partial charge in [0.2, 0.25) is 0 Å². The fraction of sp³-hybridized carbons (Fsp3) is 0.0476. The molecule has 1 aromatic heterocycles. The predicted octanol–water partition coefficient (Wildman–Crippen LogP) is 4.34. The molecule has 3 aromatic rings. The zero-order valence-electron chi connectivity index (χ0n) is 15.4. The van der Waals surface area contributed by atoms with Crippen LogP contribution in [0.2, 0.25) is 0 Å². The van der Waals surface area contributed by atoms with Gasteiger partial charge in [0.15, 0.2) is 17.3 Å². The van der Waals surface area contributed by atoms with Gasteiger partial charge in [-0.2, -0.15) is 0 Å². The fourth-order valence-corrected chi connectivity index (χ4v) is 2.58. The van der Waals surface area contributed by atoms with Gasteiger partial charge in [-0.15, -0.1) is 0 Å². The van der Waals surface area contributed by atoms with Crippen molar-refractivity contribution in [2.75, 3.05) is 12.4 Å². The van der Waals surface area contributed by atoms with Gasteiger partial charge in [-0.05, 0) is 48.0 Å². The summed E-state index contributed by atoms with van der Waals surface area (Å²) in [6.45, 7) is 0. The van der Waals surface area contributed by atoms with E-state index in [-0.39, 0.29) is 17.2 Å². The number of nitro groups is 1. The minimum absolute atomic E-state index is 0.0241. The van der Waals surface area contributed by atoms with Gasteiger partial charge < -0.3 is 15.2 Å². The van der Waals surface area contributed by atoms with Crippen LogP contribution in [0.1, 0.15) is 15.9 Å². The number of phenolic OH excluding ortho intramolecular Hbond substituents is 1. The molecule has 146 valence electrons. The van der Waals surface area contributed by atoms with E-state index in [2.05, 4.69) is 10.3 Å². The minimum Gasteiger partial charge on any atom is -0.504 e. The molecule has 8 heteroatoms. The highest BCUT2D eigenvalue weighted by atomic mass is 16.6. The Balaban J connectivity index is 1.79. The van der Waals surface area contributed by atoms with Crippen molar-refractivity contribution in [2.24, 2.45) is 0 Å². The average molecular weight is 391 g/mol. The van der Waals surface area contributed by atoms with Crippen LogP contribution in [0.25, 0.3) is 6.08 Å². The lowest BCUT2D eigenvalue weighted by atomic mass is 10.1. The molecule has 8 nitrogen and oxygen atoms in total. The van der Waals surface area contributed by atoms with Crippen LogP contribution in [-0.2, 0) is 0 Å². The molecule has 2 N–H and O–H groups in total. The van der Waals surface area contributed by atoms with Gasteiger partial charge >= 0.3 is 0 Å². The quantitative estimate of drug-likeness (QED) is 0.266. The third-order valence-corrected chi connectivity index (χ3v) is 4.04. The summed E-state index contributed by atoms with van der Waals surface area (Å²) in [7, 11) is 1.45. The molecule has 0 saturated carbocycles. The molecule has 0 aliphatic carbocycles.